The molecule has 0 spiro atoms. The summed E-state index contributed by atoms with van der Waals surface area (Å²) in [5.74, 6) is 0.619. The molecule has 10 heteroatoms. The molecule has 7 nitrogen and oxygen atoms in total. The Hall–Kier alpha value is -3.82. The predicted octanol–water partition coefficient (Wildman–Crippen LogP) is 4.39. The summed E-state index contributed by atoms with van der Waals surface area (Å²) >= 11 is 0. The highest BCUT2D eigenvalue weighted by atomic mass is 19.4. The van der Waals surface area contributed by atoms with Crippen molar-refractivity contribution in [3.05, 3.63) is 66.1 Å². The van der Waals surface area contributed by atoms with Gasteiger partial charge in [0, 0.05) is 35.3 Å². The lowest BCUT2D eigenvalue weighted by molar-refractivity contribution is -0.137. The summed E-state index contributed by atoms with van der Waals surface area (Å²) in [5.41, 5.74) is 0.431. The number of benzene rings is 1. The van der Waals surface area contributed by atoms with Gasteiger partial charge in [0.1, 0.15) is 0 Å². The van der Waals surface area contributed by atoms with Crippen molar-refractivity contribution in [3.63, 3.8) is 0 Å². The molecule has 3 heterocycles. The van der Waals surface area contributed by atoms with Crippen LogP contribution in [0.4, 0.5) is 24.9 Å². The minimum absolute atomic E-state index is 0.0743. The summed E-state index contributed by atoms with van der Waals surface area (Å²) in [6.07, 6.45) is -1.45. The number of pyridine rings is 1. The van der Waals surface area contributed by atoms with Gasteiger partial charge in [0.25, 0.3) is 0 Å². The van der Waals surface area contributed by atoms with Crippen molar-refractivity contribution in [2.45, 2.75) is 13.1 Å². The summed E-state index contributed by atoms with van der Waals surface area (Å²) in [6, 6.07) is 10.2. The number of nitrogens with zero attached hydrogens (tertiary/aromatic N) is 5. The van der Waals surface area contributed by atoms with E-state index in [2.05, 4.69) is 35.5 Å². The van der Waals surface area contributed by atoms with Crippen LogP contribution < -0.4 is 5.32 Å². The number of hydrogen-bond acceptors (Lipinski definition) is 6. The molecule has 0 bridgehead atoms. The van der Waals surface area contributed by atoms with E-state index in [0.717, 1.165) is 11.8 Å². The monoisotopic (exact) mass is 397 g/mol. The van der Waals surface area contributed by atoms with Gasteiger partial charge in [0.05, 0.1) is 5.56 Å². The molecule has 0 unspecified atom stereocenters. The molecule has 4 rings (SSSR count). The van der Waals surface area contributed by atoms with E-state index in [1.54, 1.807) is 30.6 Å². The first kappa shape index (κ1) is 18.5. The smallest absolute Gasteiger partial charge is 0.307 e. The van der Waals surface area contributed by atoms with E-state index in [-0.39, 0.29) is 23.2 Å². The van der Waals surface area contributed by atoms with Gasteiger partial charge in [-0.1, -0.05) is 18.2 Å². The topological polar surface area (TPSA) is 92.3 Å². The van der Waals surface area contributed by atoms with Crippen LogP contribution in [0.1, 0.15) is 11.3 Å². The largest absolute Gasteiger partial charge is 0.417 e. The number of aryl methyl sites for hydroxylation is 1. The number of halogens is 3. The van der Waals surface area contributed by atoms with E-state index in [4.69, 9.17) is 0 Å². The molecule has 1 aromatic carbocycles. The summed E-state index contributed by atoms with van der Waals surface area (Å²) in [4.78, 5) is 16.8. The third kappa shape index (κ3) is 4.05. The second-order valence-corrected chi connectivity index (χ2v) is 6.15. The standard InChI is InChI=1S/C19H14F3N7/c1-11-10-15(29-28-11)24-18-26-16(12-6-8-23-9-7-12)25-17(27-18)13-4-2-3-5-14(13)19(20,21)22/h2-10H,1H3,(H2,24,25,26,27,28,29). The number of H-pyrrole nitrogens is 1. The second-order valence-electron chi connectivity index (χ2n) is 6.15. The lowest BCUT2D eigenvalue weighted by Crippen LogP contribution is -2.09. The van der Waals surface area contributed by atoms with Crippen molar-refractivity contribution in [2.75, 3.05) is 5.32 Å². The van der Waals surface area contributed by atoms with Gasteiger partial charge in [-0.15, -0.1) is 0 Å². The zero-order chi connectivity index (χ0) is 20.4. The normalized spacial score (nSPS) is 11.4. The summed E-state index contributed by atoms with van der Waals surface area (Å²) in [6.45, 7) is 1.82. The average molecular weight is 397 g/mol. The molecule has 0 aliphatic rings. The van der Waals surface area contributed by atoms with Crippen LogP contribution in [-0.2, 0) is 6.18 Å². The van der Waals surface area contributed by atoms with Crippen molar-refractivity contribution in [1.29, 1.82) is 0 Å². The van der Waals surface area contributed by atoms with Crippen LogP contribution >= 0.6 is 0 Å². The van der Waals surface area contributed by atoms with E-state index in [9.17, 15) is 13.2 Å². The number of alkyl halides is 3. The zero-order valence-electron chi connectivity index (χ0n) is 15.1. The number of hydrogen-bond donors (Lipinski definition) is 2. The van der Waals surface area contributed by atoms with E-state index in [1.165, 1.54) is 18.2 Å². The van der Waals surface area contributed by atoms with Crippen LogP contribution in [0.5, 0.6) is 0 Å². The Balaban J connectivity index is 1.87. The minimum Gasteiger partial charge on any atom is -0.307 e. The lowest BCUT2D eigenvalue weighted by Gasteiger charge is -2.13. The molecule has 29 heavy (non-hydrogen) atoms. The van der Waals surface area contributed by atoms with Crippen molar-refractivity contribution in [2.24, 2.45) is 0 Å². The molecule has 0 radical (unpaired) electrons. The van der Waals surface area contributed by atoms with Gasteiger partial charge in [-0.2, -0.15) is 28.2 Å². The second kappa shape index (κ2) is 7.30. The fourth-order valence-electron chi connectivity index (χ4n) is 2.70. The molecular formula is C19H14F3N7. The molecule has 146 valence electrons. The van der Waals surface area contributed by atoms with Crippen LogP contribution in [0.2, 0.25) is 0 Å². The first-order valence-corrected chi connectivity index (χ1v) is 8.52. The van der Waals surface area contributed by atoms with Gasteiger partial charge >= 0.3 is 6.18 Å². The van der Waals surface area contributed by atoms with E-state index in [0.29, 0.717) is 11.4 Å². The number of aromatic nitrogens is 6. The number of nitrogens with one attached hydrogen (secondary N) is 2. The molecule has 0 fully saturated rings. The molecule has 0 atom stereocenters. The molecule has 3 aromatic heterocycles. The van der Waals surface area contributed by atoms with E-state index in [1.807, 2.05) is 6.92 Å². The minimum atomic E-state index is -4.55. The van der Waals surface area contributed by atoms with E-state index < -0.39 is 11.7 Å². The summed E-state index contributed by atoms with van der Waals surface area (Å²) in [7, 11) is 0. The molecule has 4 aromatic rings. The van der Waals surface area contributed by atoms with Gasteiger partial charge < -0.3 is 5.32 Å². The van der Waals surface area contributed by atoms with Crippen LogP contribution in [-0.4, -0.2) is 30.1 Å². The van der Waals surface area contributed by atoms with Gasteiger partial charge in [-0.25, -0.2) is 4.98 Å². The number of aromatic amines is 1. The Kier molecular flexibility index (Phi) is 4.67. The fraction of sp³-hybridized carbons (Fsp3) is 0.105. The highest BCUT2D eigenvalue weighted by molar-refractivity contribution is 5.66. The molecule has 2 N–H and O–H groups in total. The Labute approximate surface area is 163 Å². The first-order chi connectivity index (χ1) is 13.9. The van der Waals surface area contributed by atoms with Gasteiger partial charge in [0.15, 0.2) is 17.5 Å². The highest BCUT2D eigenvalue weighted by Crippen LogP contribution is 2.36. The third-order valence-corrected chi connectivity index (χ3v) is 3.99. The first-order valence-electron chi connectivity index (χ1n) is 8.52. The van der Waals surface area contributed by atoms with Crippen molar-refractivity contribution in [1.82, 2.24) is 30.1 Å². The number of rotatable bonds is 4. The van der Waals surface area contributed by atoms with Crippen LogP contribution in [0.25, 0.3) is 22.8 Å². The Bertz CT molecular complexity index is 1140. The molecule has 0 saturated carbocycles. The maximum Gasteiger partial charge on any atom is 0.417 e. The Morgan fingerprint density at radius 2 is 1.66 bits per heavy atom. The molecule has 0 saturated heterocycles. The van der Waals surface area contributed by atoms with Gasteiger partial charge in [0.2, 0.25) is 5.95 Å². The summed E-state index contributed by atoms with van der Waals surface area (Å²) in [5, 5.41) is 9.72. The van der Waals surface area contributed by atoms with Crippen LogP contribution in [0.3, 0.4) is 0 Å². The fourth-order valence-corrected chi connectivity index (χ4v) is 2.70. The van der Waals surface area contributed by atoms with E-state index >= 15 is 0 Å². The maximum absolute atomic E-state index is 13.5. The quantitative estimate of drug-likeness (QED) is 0.530. The maximum atomic E-state index is 13.5. The highest BCUT2D eigenvalue weighted by Gasteiger charge is 2.34. The van der Waals surface area contributed by atoms with Crippen LogP contribution in [0.15, 0.2) is 54.9 Å². The molecule has 0 aliphatic heterocycles. The van der Waals surface area contributed by atoms with Gasteiger partial charge in [-0.05, 0) is 25.1 Å². The number of anilines is 2. The van der Waals surface area contributed by atoms with Crippen molar-refractivity contribution in [3.8, 4) is 22.8 Å². The third-order valence-electron chi connectivity index (χ3n) is 3.99. The van der Waals surface area contributed by atoms with Crippen LogP contribution in [0, 0.1) is 6.92 Å². The van der Waals surface area contributed by atoms with Gasteiger partial charge in [-0.3, -0.25) is 10.1 Å². The predicted molar refractivity (Wildman–Crippen MR) is 100 cm³/mol. The average Bonchev–Trinajstić information content (AvgIpc) is 3.12. The van der Waals surface area contributed by atoms with Crippen molar-refractivity contribution >= 4 is 11.8 Å². The SMILES string of the molecule is Cc1cc(Nc2nc(-c3ccncc3)nc(-c3ccccc3C(F)(F)F)n2)n[nH]1. The Morgan fingerprint density at radius 3 is 2.34 bits per heavy atom. The van der Waals surface area contributed by atoms with Crippen molar-refractivity contribution < 1.29 is 13.2 Å². The molecular weight excluding hydrogens is 383 g/mol. The molecule has 0 amide bonds. The Morgan fingerprint density at radius 1 is 0.931 bits per heavy atom. The lowest BCUT2D eigenvalue weighted by atomic mass is 10.1. The summed E-state index contributed by atoms with van der Waals surface area (Å²) < 4.78 is 40.5. The zero-order valence-corrected chi connectivity index (χ0v) is 15.1. The molecule has 0 aliphatic carbocycles.